The molecule has 0 bridgehead atoms. The quantitative estimate of drug-likeness (QED) is 0.110. The summed E-state index contributed by atoms with van der Waals surface area (Å²) in [6, 6.07) is 149. The molecule has 0 unspecified atom stereocenters. The van der Waals surface area contributed by atoms with Crippen LogP contribution in [-0.2, 0) is 10.8 Å². The molecule has 2 aliphatic carbocycles. The summed E-state index contributed by atoms with van der Waals surface area (Å²) >= 11 is 0. The molecule has 0 saturated carbocycles. The first-order chi connectivity index (χ1) is 57.1. The zero-order valence-corrected chi connectivity index (χ0v) is 65.1. The molecule has 2 aliphatic rings. The summed E-state index contributed by atoms with van der Waals surface area (Å²) in [5.74, 6) is 0. The Morgan fingerprint density at radius 3 is 0.836 bits per heavy atom. The Morgan fingerprint density at radius 2 is 0.414 bits per heavy atom. The minimum atomic E-state index is -0.0750. The molecule has 0 radical (unpaired) electrons. The molecule has 0 heteroatoms. The third-order valence-electron chi connectivity index (χ3n) is 26.3. The molecule has 0 atom stereocenters. The van der Waals surface area contributed by atoms with Gasteiger partial charge in [-0.15, -0.1) is 0 Å². The third kappa shape index (κ3) is 10.2. The minimum Gasteiger partial charge on any atom is -0.0616 e. The first-order valence-corrected chi connectivity index (χ1v) is 40.9. The van der Waals surface area contributed by atoms with Crippen molar-refractivity contribution in [3.05, 3.63) is 423 Å². The van der Waals surface area contributed by atoms with Gasteiger partial charge in [-0.3, -0.25) is 0 Å². The van der Waals surface area contributed by atoms with E-state index in [1.807, 2.05) is 0 Å². The lowest BCUT2D eigenvalue weighted by atomic mass is 9.81. The van der Waals surface area contributed by atoms with Crippen LogP contribution >= 0.6 is 0 Å². The summed E-state index contributed by atoms with van der Waals surface area (Å²) in [7, 11) is 0. The Kier molecular flexibility index (Phi) is 15.2. The van der Waals surface area contributed by atoms with Gasteiger partial charge in [0.25, 0.3) is 0 Å². The normalized spacial score (nSPS) is 13.1. The van der Waals surface area contributed by atoms with Gasteiger partial charge in [0.2, 0.25) is 0 Å². The van der Waals surface area contributed by atoms with Crippen LogP contribution in [0.5, 0.6) is 0 Å². The fourth-order valence-electron chi connectivity index (χ4n) is 20.9. The maximum absolute atomic E-state index is 2.44. The van der Waals surface area contributed by atoms with Crippen molar-refractivity contribution in [2.45, 2.75) is 38.5 Å². The maximum Gasteiger partial charge on any atom is 0.0159 e. The molecule has 0 N–H and O–H groups in total. The van der Waals surface area contributed by atoms with Gasteiger partial charge in [-0.2, -0.15) is 0 Å². The van der Waals surface area contributed by atoms with E-state index in [9.17, 15) is 0 Å². The van der Waals surface area contributed by atoms with Crippen LogP contribution in [0.3, 0.4) is 0 Å². The summed E-state index contributed by atoms with van der Waals surface area (Å²) in [4.78, 5) is 0. The second-order valence-electron chi connectivity index (χ2n) is 33.1. The molecule has 542 valence electrons. The number of fused-ring (bicyclic) bond motifs is 22. The molecule has 0 amide bonds. The van der Waals surface area contributed by atoms with Crippen LogP contribution in [0, 0.1) is 0 Å². The summed E-state index contributed by atoms with van der Waals surface area (Å²) in [6.07, 6.45) is 0. The Hall–Kier alpha value is -14.3. The molecule has 0 aliphatic heterocycles. The molecule has 0 saturated heterocycles. The van der Waals surface area contributed by atoms with E-state index in [-0.39, 0.29) is 10.8 Å². The van der Waals surface area contributed by atoms with Crippen molar-refractivity contribution in [2.75, 3.05) is 0 Å². The van der Waals surface area contributed by atoms with Gasteiger partial charge in [0.15, 0.2) is 0 Å². The van der Waals surface area contributed by atoms with E-state index in [2.05, 4.69) is 428 Å². The Morgan fingerprint density at radius 1 is 0.138 bits per heavy atom. The molecule has 0 aromatic heterocycles. The van der Waals surface area contributed by atoms with Crippen LogP contribution in [-0.4, -0.2) is 0 Å². The third-order valence-corrected chi connectivity index (χ3v) is 26.3. The molecular formula is C116H78. The number of hydrogen-bond acceptors (Lipinski definition) is 0. The van der Waals surface area contributed by atoms with Gasteiger partial charge in [-0.05, 0) is 253 Å². The highest BCUT2D eigenvalue weighted by Gasteiger charge is 2.40. The molecule has 22 aromatic carbocycles. The fourth-order valence-corrected chi connectivity index (χ4v) is 20.9. The monoisotopic (exact) mass is 1470 g/mol. The molecule has 0 spiro atoms. The van der Waals surface area contributed by atoms with Crippen molar-refractivity contribution in [1.29, 1.82) is 0 Å². The number of benzene rings is 22. The first-order valence-electron chi connectivity index (χ1n) is 40.9. The standard InChI is InChI=1S/C59H40.C57H38/c1-59(2)53-25-13-24-45(57(53)58-44-17-6-3-14-37(44)34-35-54(58)59)38-26-30-40(31-27-38)55-48-20-9-11-22-50(48)56(51-23-12-10-21-49(51)55)41-32-28-39(29-33-41)52-36-42-15-4-5-16-43(42)46-18-7-8-19-47(46)52;1-57(2)50-25-13-24-42(55(50)56-41-17-6-4-15-36(41)32-33-51(56)57)37-26-29-38(30-27-37)52-45-20-9-11-22-47(45)54(48-23-12-10-21-46(48)52)49-34-39-31-28-35-14-3-5-16-40(35)53(39)44-19-8-7-18-43(44)49/h3-36H,1-2H3;3-34H,1-2H3. The van der Waals surface area contributed by atoms with E-state index < -0.39 is 0 Å². The van der Waals surface area contributed by atoms with Crippen molar-refractivity contribution in [2.24, 2.45) is 0 Å². The van der Waals surface area contributed by atoms with E-state index in [0.717, 1.165) is 0 Å². The first kappa shape index (κ1) is 67.4. The predicted molar refractivity (Wildman–Crippen MR) is 499 cm³/mol. The number of hydrogen-bond donors (Lipinski definition) is 0. The second kappa shape index (κ2) is 26.1. The van der Waals surface area contributed by atoms with Crippen molar-refractivity contribution in [3.8, 4) is 100 Å². The molecule has 0 fully saturated rings. The highest BCUT2D eigenvalue weighted by Crippen LogP contribution is 2.58. The van der Waals surface area contributed by atoms with E-state index in [1.165, 1.54) is 241 Å². The molecule has 116 heavy (non-hydrogen) atoms. The molecule has 22 aromatic rings. The van der Waals surface area contributed by atoms with Gasteiger partial charge in [-0.1, -0.05) is 416 Å². The molecule has 0 heterocycles. The summed E-state index contributed by atoms with van der Waals surface area (Å²) < 4.78 is 0. The summed E-state index contributed by atoms with van der Waals surface area (Å²) in [6.45, 7) is 9.50. The summed E-state index contributed by atoms with van der Waals surface area (Å²) in [5, 5.41) is 28.2. The maximum atomic E-state index is 2.44. The van der Waals surface area contributed by atoms with Crippen molar-refractivity contribution >= 4 is 118 Å². The Labute approximate surface area is 675 Å². The van der Waals surface area contributed by atoms with Crippen LogP contribution in [0.4, 0.5) is 0 Å². The lowest BCUT2D eigenvalue weighted by molar-refractivity contribution is 0.661. The van der Waals surface area contributed by atoms with E-state index in [4.69, 9.17) is 0 Å². The average Bonchev–Trinajstić information content (AvgIpc) is 1.30. The van der Waals surface area contributed by atoms with Gasteiger partial charge in [0.1, 0.15) is 0 Å². The van der Waals surface area contributed by atoms with Crippen molar-refractivity contribution in [3.63, 3.8) is 0 Å². The molecular weight excluding hydrogens is 1390 g/mol. The summed E-state index contributed by atoms with van der Waals surface area (Å²) in [5.41, 5.74) is 28.6. The van der Waals surface area contributed by atoms with E-state index in [1.54, 1.807) is 0 Å². The zero-order chi connectivity index (χ0) is 77.1. The lowest BCUT2D eigenvalue weighted by Crippen LogP contribution is -2.14. The highest BCUT2D eigenvalue weighted by molar-refractivity contribution is 6.29. The van der Waals surface area contributed by atoms with Crippen LogP contribution in [0.15, 0.2) is 400 Å². The van der Waals surface area contributed by atoms with Gasteiger partial charge < -0.3 is 0 Å². The van der Waals surface area contributed by atoms with Gasteiger partial charge >= 0.3 is 0 Å². The lowest BCUT2D eigenvalue weighted by Gasteiger charge is -2.22. The van der Waals surface area contributed by atoms with Crippen LogP contribution < -0.4 is 0 Å². The Bertz CT molecular complexity index is 7790. The second-order valence-corrected chi connectivity index (χ2v) is 33.1. The number of rotatable bonds is 7. The van der Waals surface area contributed by atoms with Crippen LogP contribution in [0.2, 0.25) is 0 Å². The smallest absolute Gasteiger partial charge is 0.0159 e. The zero-order valence-electron chi connectivity index (χ0n) is 65.1. The highest BCUT2D eigenvalue weighted by atomic mass is 14.4. The minimum absolute atomic E-state index is 0.0740. The fraction of sp³-hybridized carbons (Fsp3) is 0.0517. The largest absolute Gasteiger partial charge is 0.0616 e. The van der Waals surface area contributed by atoms with Crippen LogP contribution in [0.25, 0.3) is 219 Å². The van der Waals surface area contributed by atoms with Crippen molar-refractivity contribution in [1.82, 2.24) is 0 Å². The van der Waals surface area contributed by atoms with Crippen molar-refractivity contribution < 1.29 is 0 Å². The van der Waals surface area contributed by atoms with Gasteiger partial charge in [0.05, 0.1) is 0 Å². The van der Waals surface area contributed by atoms with E-state index >= 15 is 0 Å². The Balaban J connectivity index is 0.000000137. The van der Waals surface area contributed by atoms with E-state index in [0.29, 0.717) is 0 Å². The van der Waals surface area contributed by atoms with Crippen LogP contribution in [0.1, 0.15) is 49.9 Å². The van der Waals surface area contributed by atoms with Gasteiger partial charge in [-0.25, -0.2) is 0 Å². The average molecular weight is 1470 g/mol. The predicted octanol–water partition coefficient (Wildman–Crippen LogP) is 32.3. The van der Waals surface area contributed by atoms with Gasteiger partial charge in [0, 0.05) is 10.8 Å². The SMILES string of the molecule is CC1(C)c2cccc(-c3ccc(-c4c5ccccc5c(-c5cc6ccc7ccccc7c6c6ccccc56)c5ccccc45)cc3)c2-c2c1ccc1ccccc21.CC1(C)c2cccc(-c3ccc(-c4c5ccccc5c(-c5ccc(-c6cc7ccccc7c7ccccc67)cc5)c5ccccc45)cc3)c2-c2c1ccc1ccccc21. The molecule has 0 nitrogen and oxygen atoms in total. The topological polar surface area (TPSA) is 0 Å². The molecule has 24 rings (SSSR count).